The molecule has 1 saturated carbocycles. The van der Waals surface area contributed by atoms with E-state index in [2.05, 4.69) is 15.0 Å². The summed E-state index contributed by atoms with van der Waals surface area (Å²) in [4.78, 5) is 4.41. The first-order valence-electron chi connectivity index (χ1n) is 7.48. The Kier molecular flexibility index (Phi) is 4.34. The summed E-state index contributed by atoms with van der Waals surface area (Å²) in [6.07, 6.45) is -1.52. The summed E-state index contributed by atoms with van der Waals surface area (Å²) >= 11 is 0. The Labute approximate surface area is 131 Å². The Hall–Kier alpha value is -1.96. The number of aliphatic imine (C=N–C) groups is 1. The van der Waals surface area contributed by atoms with E-state index >= 15 is 0 Å². The number of benzene rings is 1. The van der Waals surface area contributed by atoms with Crippen LogP contribution in [0.5, 0.6) is 5.75 Å². The summed E-state index contributed by atoms with van der Waals surface area (Å²) in [5.74, 6) is 0.270. The molecule has 126 valence electrons. The second kappa shape index (κ2) is 6.27. The second-order valence-electron chi connectivity index (χ2n) is 5.73. The van der Waals surface area contributed by atoms with Gasteiger partial charge in [0.25, 0.3) is 0 Å². The molecule has 2 fully saturated rings. The third-order valence-corrected chi connectivity index (χ3v) is 4.10. The monoisotopic (exact) mass is 329 g/mol. The Bertz CT molecular complexity index is 592. The predicted octanol–water partition coefficient (Wildman–Crippen LogP) is 2.88. The fourth-order valence-corrected chi connectivity index (χ4v) is 3.04. The number of nitrogens with two attached hydrogens (primary N) is 1. The first-order chi connectivity index (χ1) is 10.9. The highest BCUT2D eigenvalue weighted by Gasteiger charge is 2.43. The molecular formula is C15H18F3N3O2. The number of ether oxygens (including phenoxy) is 2. The number of nitrogens with one attached hydrogen (secondary N) is 1. The van der Waals surface area contributed by atoms with E-state index in [1.807, 2.05) is 0 Å². The predicted molar refractivity (Wildman–Crippen MR) is 79.2 cm³/mol. The Morgan fingerprint density at radius 1 is 1.39 bits per heavy atom. The van der Waals surface area contributed by atoms with Crippen LogP contribution in [-0.2, 0) is 4.74 Å². The summed E-state index contributed by atoms with van der Waals surface area (Å²) in [7, 11) is 0. The molecule has 0 aromatic heterocycles. The topological polar surface area (TPSA) is 68.9 Å². The van der Waals surface area contributed by atoms with Crippen molar-refractivity contribution in [3.05, 3.63) is 24.3 Å². The lowest BCUT2D eigenvalue weighted by Crippen LogP contribution is -2.49. The number of guanidine groups is 1. The average Bonchev–Trinajstić information content (AvgIpc) is 2.43. The first-order valence-corrected chi connectivity index (χ1v) is 7.48. The van der Waals surface area contributed by atoms with Crippen LogP contribution < -0.4 is 15.8 Å². The molecule has 1 saturated heterocycles. The van der Waals surface area contributed by atoms with Crippen molar-refractivity contribution in [1.29, 1.82) is 0 Å². The molecule has 3 N–H and O–H groups in total. The standard InChI is InChI=1S/C15H18F3N3O2/c16-15(17,18)23-10-4-1-3-9(7-10)20-14(19)21-12-8-13-11(12)5-2-6-22-13/h1,3-4,7,11-13H,2,5-6,8H2,(H3,19,20,21). The van der Waals surface area contributed by atoms with Gasteiger partial charge in [-0.05, 0) is 31.4 Å². The van der Waals surface area contributed by atoms with Gasteiger partial charge in [-0.25, -0.2) is 4.99 Å². The van der Waals surface area contributed by atoms with Crippen LogP contribution in [-0.4, -0.2) is 31.1 Å². The molecule has 8 heteroatoms. The fraction of sp³-hybridized carbons (Fsp3) is 0.533. The van der Waals surface area contributed by atoms with Crippen molar-refractivity contribution in [2.75, 3.05) is 11.9 Å². The minimum Gasteiger partial charge on any atom is -0.406 e. The van der Waals surface area contributed by atoms with Gasteiger partial charge in [-0.2, -0.15) is 0 Å². The lowest BCUT2D eigenvalue weighted by molar-refractivity contribution is -0.274. The van der Waals surface area contributed by atoms with Crippen LogP contribution in [0.25, 0.3) is 0 Å². The van der Waals surface area contributed by atoms with E-state index < -0.39 is 6.36 Å². The van der Waals surface area contributed by atoms with E-state index in [-0.39, 0.29) is 23.9 Å². The Balaban J connectivity index is 1.60. The molecule has 0 spiro atoms. The fourth-order valence-electron chi connectivity index (χ4n) is 3.04. The number of hydrogen-bond donors (Lipinski definition) is 2. The van der Waals surface area contributed by atoms with Crippen molar-refractivity contribution in [2.45, 2.75) is 37.8 Å². The molecule has 1 aliphatic carbocycles. The largest absolute Gasteiger partial charge is 0.573 e. The van der Waals surface area contributed by atoms with Crippen molar-refractivity contribution >= 4 is 11.6 Å². The SMILES string of the molecule is NC(=NC1CC2OCCCC12)Nc1cccc(OC(F)(F)F)c1. The van der Waals surface area contributed by atoms with Crippen molar-refractivity contribution in [2.24, 2.45) is 16.6 Å². The molecular weight excluding hydrogens is 311 g/mol. The van der Waals surface area contributed by atoms with Crippen molar-refractivity contribution in [3.8, 4) is 5.75 Å². The smallest absolute Gasteiger partial charge is 0.406 e. The quantitative estimate of drug-likeness (QED) is 0.661. The van der Waals surface area contributed by atoms with Gasteiger partial charge in [0.1, 0.15) is 5.75 Å². The van der Waals surface area contributed by atoms with Crippen molar-refractivity contribution in [3.63, 3.8) is 0 Å². The number of alkyl halides is 3. The summed E-state index contributed by atoms with van der Waals surface area (Å²) in [5.41, 5.74) is 6.24. The van der Waals surface area contributed by atoms with Crippen LogP contribution in [0.15, 0.2) is 29.3 Å². The molecule has 2 aliphatic rings. The highest BCUT2D eigenvalue weighted by atomic mass is 19.4. The zero-order valence-electron chi connectivity index (χ0n) is 12.3. The van der Waals surface area contributed by atoms with Gasteiger partial charge in [0, 0.05) is 24.3 Å². The van der Waals surface area contributed by atoms with E-state index in [9.17, 15) is 13.2 Å². The van der Waals surface area contributed by atoms with Crippen LogP contribution in [0.3, 0.4) is 0 Å². The first kappa shape index (κ1) is 15.9. The maximum absolute atomic E-state index is 12.2. The molecule has 3 rings (SSSR count). The number of rotatable bonds is 3. The Morgan fingerprint density at radius 2 is 2.22 bits per heavy atom. The van der Waals surface area contributed by atoms with Gasteiger partial charge in [-0.15, -0.1) is 13.2 Å². The van der Waals surface area contributed by atoms with Gasteiger partial charge in [0.05, 0.1) is 12.1 Å². The van der Waals surface area contributed by atoms with E-state index in [0.29, 0.717) is 11.6 Å². The third kappa shape index (κ3) is 4.07. The van der Waals surface area contributed by atoms with Gasteiger partial charge < -0.3 is 20.5 Å². The number of fused-ring (bicyclic) bond motifs is 1. The van der Waals surface area contributed by atoms with Crippen LogP contribution in [0.2, 0.25) is 0 Å². The summed E-state index contributed by atoms with van der Waals surface area (Å²) < 4.78 is 46.1. The van der Waals surface area contributed by atoms with Crippen LogP contribution in [0.1, 0.15) is 19.3 Å². The van der Waals surface area contributed by atoms with Gasteiger partial charge in [-0.1, -0.05) is 6.07 Å². The van der Waals surface area contributed by atoms with Crippen LogP contribution >= 0.6 is 0 Å². The summed E-state index contributed by atoms with van der Waals surface area (Å²) in [6, 6.07) is 5.61. The van der Waals surface area contributed by atoms with Gasteiger partial charge >= 0.3 is 6.36 Å². The molecule has 3 atom stereocenters. The average molecular weight is 329 g/mol. The highest BCUT2D eigenvalue weighted by molar-refractivity contribution is 5.92. The van der Waals surface area contributed by atoms with Gasteiger partial charge in [0.15, 0.2) is 5.96 Å². The number of hydrogen-bond acceptors (Lipinski definition) is 3. The lowest BCUT2D eigenvalue weighted by Gasteiger charge is -2.45. The highest BCUT2D eigenvalue weighted by Crippen LogP contribution is 2.39. The molecule has 3 unspecified atom stereocenters. The normalized spacial score (nSPS) is 27.8. The lowest BCUT2D eigenvalue weighted by atomic mass is 9.73. The van der Waals surface area contributed by atoms with Crippen molar-refractivity contribution < 1.29 is 22.6 Å². The van der Waals surface area contributed by atoms with E-state index in [4.69, 9.17) is 10.5 Å². The zero-order chi connectivity index (χ0) is 16.4. The van der Waals surface area contributed by atoms with Gasteiger partial charge in [-0.3, -0.25) is 0 Å². The van der Waals surface area contributed by atoms with E-state index in [0.717, 1.165) is 25.9 Å². The molecule has 1 aromatic rings. The minimum atomic E-state index is -4.72. The summed E-state index contributed by atoms with van der Waals surface area (Å²) in [6.45, 7) is 0.803. The van der Waals surface area contributed by atoms with E-state index in [1.54, 1.807) is 6.07 Å². The molecule has 1 heterocycles. The maximum Gasteiger partial charge on any atom is 0.573 e. The maximum atomic E-state index is 12.2. The molecule has 0 radical (unpaired) electrons. The Morgan fingerprint density at radius 3 is 2.96 bits per heavy atom. The second-order valence-corrected chi connectivity index (χ2v) is 5.73. The summed E-state index contributed by atoms with van der Waals surface area (Å²) in [5, 5.41) is 2.80. The molecule has 0 bridgehead atoms. The van der Waals surface area contributed by atoms with Crippen LogP contribution in [0.4, 0.5) is 18.9 Å². The van der Waals surface area contributed by atoms with Gasteiger partial charge in [0.2, 0.25) is 0 Å². The van der Waals surface area contributed by atoms with Crippen LogP contribution in [0, 0.1) is 5.92 Å². The van der Waals surface area contributed by atoms with Crippen molar-refractivity contribution in [1.82, 2.24) is 0 Å². The van der Waals surface area contributed by atoms with E-state index in [1.165, 1.54) is 18.2 Å². The molecule has 23 heavy (non-hydrogen) atoms. The molecule has 5 nitrogen and oxygen atoms in total. The third-order valence-electron chi connectivity index (χ3n) is 4.10. The minimum absolute atomic E-state index is 0.113. The molecule has 0 amide bonds. The zero-order valence-corrected chi connectivity index (χ0v) is 12.3. The number of nitrogens with zero attached hydrogens (tertiary/aromatic N) is 1. The number of halogens is 3. The molecule has 1 aliphatic heterocycles. The molecule has 1 aromatic carbocycles. The number of anilines is 1.